The van der Waals surface area contributed by atoms with Crippen LogP contribution in [0.5, 0.6) is 0 Å². The van der Waals surface area contributed by atoms with Crippen molar-refractivity contribution in [2.75, 3.05) is 23.3 Å². The van der Waals surface area contributed by atoms with Gasteiger partial charge in [0.05, 0.1) is 17.1 Å². The Morgan fingerprint density at radius 1 is 1.03 bits per heavy atom. The van der Waals surface area contributed by atoms with E-state index in [1.807, 2.05) is 41.4 Å². The summed E-state index contributed by atoms with van der Waals surface area (Å²) in [5, 5.41) is 10.1. The first kappa shape index (κ1) is 17.7. The normalized spacial score (nSPS) is 22.3. The predicted octanol–water partition coefficient (Wildman–Crippen LogP) is 3.41. The zero-order valence-corrected chi connectivity index (χ0v) is 15.4. The second-order valence-electron chi connectivity index (χ2n) is 7.42. The summed E-state index contributed by atoms with van der Waals surface area (Å²) in [5.41, 5.74) is 1.85. The number of urea groups is 1. The summed E-state index contributed by atoms with van der Waals surface area (Å²) in [7, 11) is 0. The third-order valence-electron chi connectivity index (χ3n) is 5.65. The Bertz CT molecular complexity index is 1040. The molecule has 2 aliphatic rings. The third-order valence-corrected chi connectivity index (χ3v) is 5.65. The monoisotopic (exact) mass is 395 g/mol. The lowest BCUT2D eigenvalue weighted by Crippen LogP contribution is -2.37. The molecule has 29 heavy (non-hydrogen) atoms. The molecule has 0 spiro atoms. The van der Waals surface area contributed by atoms with Crippen molar-refractivity contribution in [3.05, 3.63) is 72.6 Å². The molecule has 2 amide bonds. The van der Waals surface area contributed by atoms with E-state index in [1.165, 1.54) is 12.1 Å². The van der Waals surface area contributed by atoms with Crippen molar-refractivity contribution in [1.82, 2.24) is 15.1 Å². The molecule has 2 heterocycles. The number of rotatable bonds is 4. The Labute approximate surface area is 166 Å². The van der Waals surface area contributed by atoms with Gasteiger partial charge in [-0.3, -0.25) is 0 Å². The number of piperidine rings is 1. The summed E-state index contributed by atoms with van der Waals surface area (Å²) in [6.45, 7) is 1.28. The number of benzene rings is 2. The minimum absolute atomic E-state index is 0.0617. The van der Waals surface area contributed by atoms with Crippen molar-refractivity contribution >= 4 is 17.4 Å². The molecule has 6 nitrogen and oxygen atoms in total. The molecule has 0 radical (unpaired) electrons. The molecule has 8 heteroatoms. The van der Waals surface area contributed by atoms with Crippen LogP contribution in [0.3, 0.4) is 0 Å². The van der Waals surface area contributed by atoms with Crippen molar-refractivity contribution < 1.29 is 13.6 Å². The minimum atomic E-state index is -0.581. The van der Waals surface area contributed by atoms with E-state index in [-0.39, 0.29) is 23.9 Å². The molecule has 1 aromatic heterocycles. The highest BCUT2D eigenvalue weighted by Crippen LogP contribution is 2.47. The number of anilines is 2. The van der Waals surface area contributed by atoms with Gasteiger partial charge in [-0.2, -0.15) is 5.10 Å². The van der Waals surface area contributed by atoms with Crippen LogP contribution in [-0.4, -0.2) is 34.9 Å². The van der Waals surface area contributed by atoms with Gasteiger partial charge in [-0.15, -0.1) is 0 Å². The van der Waals surface area contributed by atoms with Crippen LogP contribution in [0.2, 0.25) is 0 Å². The largest absolute Gasteiger partial charge is 0.368 e. The first-order chi connectivity index (χ1) is 14.1. The Morgan fingerprint density at radius 3 is 2.55 bits per heavy atom. The Morgan fingerprint density at radius 2 is 1.83 bits per heavy atom. The van der Waals surface area contributed by atoms with Crippen molar-refractivity contribution in [1.29, 1.82) is 0 Å². The molecule has 1 saturated heterocycles. The summed E-state index contributed by atoms with van der Waals surface area (Å²) >= 11 is 0. The van der Waals surface area contributed by atoms with Gasteiger partial charge in [-0.1, -0.05) is 12.1 Å². The van der Waals surface area contributed by atoms with Crippen molar-refractivity contribution in [3.8, 4) is 5.69 Å². The van der Waals surface area contributed by atoms with Crippen LogP contribution < -0.4 is 15.5 Å². The van der Waals surface area contributed by atoms with Gasteiger partial charge in [0.25, 0.3) is 0 Å². The fourth-order valence-electron chi connectivity index (χ4n) is 4.18. The van der Waals surface area contributed by atoms with E-state index in [9.17, 15) is 13.6 Å². The molecule has 5 rings (SSSR count). The van der Waals surface area contributed by atoms with Gasteiger partial charge < -0.3 is 15.5 Å². The Hall–Kier alpha value is -3.42. The van der Waals surface area contributed by atoms with Crippen molar-refractivity contribution in [3.63, 3.8) is 0 Å². The summed E-state index contributed by atoms with van der Waals surface area (Å²) in [6.07, 6.45) is 3.49. The fourth-order valence-corrected chi connectivity index (χ4v) is 4.18. The standard InChI is InChI=1S/C21H19F2N5O/c22-13-6-7-18(16(23)10-13)27-11-14-15(12-27)20(14)26-21(29)25-17-4-1-2-5-19(17)28-9-3-8-24-28/h1-10,14-15,20H,11-12H2,(H2,25,26,29)/t14-,15+,20+. The first-order valence-corrected chi connectivity index (χ1v) is 9.47. The molecule has 2 aromatic carbocycles. The molecule has 2 fully saturated rings. The number of nitrogens with zero attached hydrogens (tertiary/aromatic N) is 3. The quantitative estimate of drug-likeness (QED) is 0.712. The number of hydrogen-bond acceptors (Lipinski definition) is 3. The lowest BCUT2D eigenvalue weighted by molar-refractivity contribution is 0.250. The van der Waals surface area contributed by atoms with E-state index in [4.69, 9.17) is 0 Å². The number of carbonyl (C=O) groups is 1. The Kier molecular flexibility index (Phi) is 4.19. The molecule has 2 N–H and O–H groups in total. The highest BCUT2D eigenvalue weighted by atomic mass is 19.1. The minimum Gasteiger partial charge on any atom is -0.368 e. The van der Waals surface area contributed by atoms with Crippen LogP contribution in [-0.2, 0) is 0 Å². The summed E-state index contributed by atoms with van der Waals surface area (Å²) in [6, 6.07) is 12.7. The number of amides is 2. The van der Waals surface area contributed by atoms with E-state index in [2.05, 4.69) is 15.7 Å². The van der Waals surface area contributed by atoms with E-state index in [1.54, 1.807) is 10.9 Å². The van der Waals surface area contributed by atoms with E-state index < -0.39 is 11.6 Å². The smallest absolute Gasteiger partial charge is 0.319 e. The molecular weight excluding hydrogens is 376 g/mol. The number of nitrogens with one attached hydrogen (secondary N) is 2. The second-order valence-corrected chi connectivity index (χ2v) is 7.42. The molecule has 3 aromatic rings. The maximum atomic E-state index is 14.0. The molecule has 1 saturated carbocycles. The maximum absolute atomic E-state index is 14.0. The van der Waals surface area contributed by atoms with Gasteiger partial charge in [-0.25, -0.2) is 18.3 Å². The van der Waals surface area contributed by atoms with Crippen molar-refractivity contribution in [2.45, 2.75) is 6.04 Å². The average Bonchev–Trinajstić information content (AvgIpc) is 3.13. The molecule has 0 bridgehead atoms. The number of hydrogen-bond donors (Lipinski definition) is 2. The molecule has 1 aliphatic carbocycles. The number of halogens is 2. The van der Waals surface area contributed by atoms with E-state index >= 15 is 0 Å². The lowest BCUT2D eigenvalue weighted by Gasteiger charge is -2.23. The summed E-state index contributed by atoms with van der Waals surface area (Å²) < 4.78 is 28.8. The van der Waals surface area contributed by atoms with E-state index in [0.717, 1.165) is 11.8 Å². The highest BCUT2D eigenvalue weighted by Gasteiger charge is 2.56. The van der Waals surface area contributed by atoms with Crippen LogP contribution >= 0.6 is 0 Å². The zero-order chi connectivity index (χ0) is 20.0. The van der Waals surface area contributed by atoms with Gasteiger partial charge in [0, 0.05) is 49.4 Å². The van der Waals surface area contributed by atoms with Gasteiger partial charge in [0.15, 0.2) is 0 Å². The summed E-state index contributed by atoms with van der Waals surface area (Å²) in [5.74, 6) is -0.593. The third kappa shape index (κ3) is 3.30. The van der Waals surface area contributed by atoms with E-state index in [0.29, 0.717) is 24.5 Å². The van der Waals surface area contributed by atoms with Crippen LogP contribution in [0.15, 0.2) is 60.9 Å². The van der Waals surface area contributed by atoms with Gasteiger partial charge in [0.2, 0.25) is 0 Å². The van der Waals surface area contributed by atoms with Gasteiger partial charge in [0.1, 0.15) is 11.6 Å². The lowest BCUT2D eigenvalue weighted by atomic mass is 10.2. The fraction of sp³-hybridized carbons (Fsp3) is 0.238. The van der Waals surface area contributed by atoms with Gasteiger partial charge >= 0.3 is 6.03 Å². The SMILES string of the molecule is O=C(Nc1ccccc1-n1cccn1)N[C@H]1[C@@H]2CN(c3ccc(F)cc3F)C[C@@H]21. The molecule has 148 valence electrons. The number of fused-ring (bicyclic) bond motifs is 1. The van der Waals surface area contributed by atoms with Crippen LogP contribution in [0, 0.1) is 23.5 Å². The van der Waals surface area contributed by atoms with Crippen LogP contribution in [0.25, 0.3) is 5.69 Å². The predicted molar refractivity (Wildman–Crippen MR) is 105 cm³/mol. The number of aromatic nitrogens is 2. The highest BCUT2D eigenvalue weighted by molar-refractivity contribution is 5.92. The molecular formula is C21H19F2N5O. The second kappa shape index (κ2) is 6.88. The number of para-hydroxylation sites is 2. The molecule has 3 atom stereocenters. The molecule has 1 aliphatic heterocycles. The topological polar surface area (TPSA) is 62.2 Å². The van der Waals surface area contributed by atoms with Crippen LogP contribution in [0.1, 0.15) is 0 Å². The Balaban J connectivity index is 1.20. The zero-order valence-electron chi connectivity index (χ0n) is 15.4. The van der Waals surface area contributed by atoms with Crippen LogP contribution in [0.4, 0.5) is 25.0 Å². The number of carbonyl (C=O) groups excluding carboxylic acids is 1. The summed E-state index contributed by atoms with van der Waals surface area (Å²) in [4.78, 5) is 14.4. The average molecular weight is 395 g/mol. The van der Waals surface area contributed by atoms with Crippen molar-refractivity contribution in [2.24, 2.45) is 11.8 Å². The first-order valence-electron chi connectivity index (χ1n) is 9.47. The maximum Gasteiger partial charge on any atom is 0.319 e. The van der Waals surface area contributed by atoms with Gasteiger partial charge in [-0.05, 0) is 30.3 Å². The molecule has 0 unspecified atom stereocenters.